The molecule has 1 aromatic carbocycles. The number of hydrogen-bond donors (Lipinski definition) is 1. The van der Waals surface area contributed by atoms with E-state index in [1.807, 2.05) is 6.92 Å². The summed E-state index contributed by atoms with van der Waals surface area (Å²) in [6, 6.07) is 6.78. The molecular weight excluding hydrogens is 334 g/mol. The van der Waals surface area contributed by atoms with Crippen molar-refractivity contribution < 1.29 is 13.2 Å². The average Bonchev–Trinajstić information content (AvgIpc) is 2.58. The van der Waals surface area contributed by atoms with Crippen LogP contribution in [0.25, 0.3) is 0 Å². The minimum absolute atomic E-state index is 0.214. The summed E-state index contributed by atoms with van der Waals surface area (Å²) in [7, 11) is -3.45. The third-order valence-electron chi connectivity index (χ3n) is 6.41. The highest BCUT2D eigenvalue weighted by atomic mass is 32.2. The Kier molecular flexibility index (Phi) is 4.57. The number of nitrogens with one attached hydrogen (secondary N) is 1. The van der Waals surface area contributed by atoms with Gasteiger partial charge in [0.25, 0.3) is 0 Å². The van der Waals surface area contributed by atoms with E-state index in [2.05, 4.69) is 4.72 Å². The normalized spacial score (nSPS) is 33.6. The van der Waals surface area contributed by atoms with Gasteiger partial charge in [0.05, 0.1) is 11.5 Å². The predicted octanol–water partition coefficient (Wildman–Crippen LogP) is 3.97. The Morgan fingerprint density at radius 1 is 1.04 bits per heavy atom. The molecule has 0 spiro atoms. The van der Waals surface area contributed by atoms with Crippen LogP contribution in [0.15, 0.2) is 29.2 Å². The first-order chi connectivity index (χ1) is 12.0. The molecule has 4 nitrogen and oxygen atoms in total. The first-order valence-electron chi connectivity index (χ1n) is 9.70. The maximum atomic E-state index is 12.7. The molecule has 1 N–H and O–H groups in total. The molecule has 0 saturated heterocycles. The molecule has 0 atom stereocenters. The molecule has 25 heavy (non-hydrogen) atoms. The van der Waals surface area contributed by atoms with Crippen molar-refractivity contribution in [3.8, 4) is 5.75 Å². The van der Waals surface area contributed by atoms with E-state index in [-0.39, 0.29) is 5.41 Å². The van der Waals surface area contributed by atoms with Crippen molar-refractivity contribution >= 4 is 10.0 Å². The second-order valence-corrected chi connectivity index (χ2v) is 10.3. The van der Waals surface area contributed by atoms with Gasteiger partial charge in [-0.3, -0.25) is 0 Å². The molecular formula is C20H29NO3S. The maximum Gasteiger partial charge on any atom is 0.240 e. The van der Waals surface area contributed by atoms with Gasteiger partial charge in [-0.1, -0.05) is 6.92 Å². The minimum Gasteiger partial charge on any atom is -0.494 e. The van der Waals surface area contributed by atoms with E-state index >= 15 is 0 Å². The maximum absolute atomic E-state index is 12.7. The molecule has 4 aliphatic carbocycles. The molecule has 4 aliphatic rings. The summed E-state index contributed by atoms with van der Waals surface area (Å²) in [6.45, 7) is 3.30. The molecule has 4 saturated carbocycles. The fourth-order valence-corrected chi connectivity index (χ4v) is 6.93. The van der Waals surface area contributed by atoms with Crippen LogP contribution in [-0.4, -0.2) is 21.6 Å². The SMILES string of the molecule is CCCOc1ccc(S(=O)(=O)NCC23CC4CC(CC(C4)C2)C3)cc1. The van der Waals surface area contributed by atoms with E-state index in [9.17, 15) is 8.42 Å². The van der Waals surface area contributed by atoms with Crippen LogP contribution in [0.5, 0.6) is 5.75 Å². The summed E-state index contributed by atoms with van der Waals surface area (Å²) in [5.74, 6) is 3.24. The molecule has 0 amide bonds. The van der Waals surface area contributed by atoms with Gasteiger partial charge in [-0.2, -0.15) is 0 Å². The van der Waals surface area contributed by atoms with Crippen LogP contribution in [0.4, 0.5) is 0 Å². The molecule has 0 aliphatic heterocycles. The van der Waals surface area contributed by atoms with Crippen molar-refractivity contribution in [1.82, 2.24) is 4.72 Å². The minimum atomic E-state index is -3.45. The quantitative estimate of drug-likeness (QED) is 0.797. The van der Waals surface area contributed by atoms with Gasteiger partial charge >= 0.3 is 0 Å². The number of hydrogen-bond acceptors (Lipinski definition) is 3. The van der Waals surface area contributed by atoms with Crippen molar-refractivity contribution in [3.63, 3.8) is 0 Å². The van der Waals surface area contributed by atoms with Crippen LogP contribution in [-0.2, 0) is 10.0 Å². The van der Waals surface area contributed by atoms with Crippen LogP contribution in [0.2, 0.25) is 0 Å². The summed E-state index contributed by atoms with van der Waals surface area (Å²) >= 11 is 0. The van der Waals surface area contributed by atoms with Gasteiger partial charge in [0.15, 0.2) is 0 Å². The van der Waals surface area contributed by atoms with Gasteiger partial charge in [-0.25, -0.2) is 13.1 Å². The van der Waals surface area contributed by atoms with Gasteiger partial charge in [-0.05, 0) is 92.4 Å². The average molecular weight is 364 g/mol. The van der Waals surface area contributed by atoms with Crippen LogP contribution in [0.3, 0.4) is 0 Å². The third kappa shape index (κ3) is 3.59. The predicted molar refractivity (Wildman–Crippen MR) is 98.0 cm³/mol. The van der Waals surface area contributed by atoms with Crippen LogP contribution in [0.1, 0.15) is 51.9 Å². The molecule has 4 fully saturated rings. The number of benzene rings is 1. The van der Waals surface area contributed by atoms with Gasteiger partial charge in [0.2, 0.25) is 10.0 Å². The Morgan fingerprint density at radius 3 is 2.12 bits per heavy atom. The van der Waals surface area contributed by atoms with Crippen molar-refractivity contribution in [3.05, 3.63) is 24.3 Å². The largest absolute Gasteiger partial charge is 0.494 e. The van der Waals surface area contributed by atoms with Crippen molar-refractivity contribution in [2.24, 2.45) is 23.2 Å². The summed E-state index contributed by atoms with van der Waals surface area (Å²) in [4.78, 5) is 0.334. The number of ether oxygens (including phenoxy) is 1. The molecule has 138 valence electrons. The fourth-order valence-electron chi connectivity index (χ4n) is 5.77. The third-order valence-corrected chi connectivity index (χ3v) is 7.83. The Bertz CT molecular complexity index is 676. The molecule has 5 heteroatoms. The lowest BCUT2D eigenvalue weighted by Gasteiger charge is -2.56. The first kappa shape index (κ1) is 17.3. The van der Waals surface area contributed by atoms with E-state index in [1.165, 1.54) is 38.5 Å². The van der Waals surface area contributed by atoms with E-state index < -0.39 is 10.0 Å². The smallest absolute Gasteiger partial charge is 0.240 e. The zero-order chi connectivity index (χ0) is 17.5. The Hall–Kier alpha value is -1.07. The van der Waals surface area contributed by atoms with Crippen LogP contribution in [0, 0.1) is 23.2 Å². The Labute approximate surface area is 151 Å². The van der Waals surface area contributed by atoms with Gasteiger partial charge in [0, 0.05) is 6.54 Å². The second kappa shape index (κ2) is 6.58. The monoisotopic (exact) mass is 363 g/mol. The van der Waals surface area contributed by atoms with Crippen molar-refractivity contribution in [2.45, 2.75) is 56.8 Å². The molecule has 0 aromatic heterocycles. The van der Waals surface area contributed by atoms with Crippen molar-refractivity contribution in [2.75, 3.05) is 13.2 Å². The molecule has 0 unspecified atom stereocenters. The van der Waals surface area contributed by atoms with Crippen LogP contribution >= 0.6 is 0 Å². The number of rotatable bonds is 7. The lowest BCUT2D eigenvalue weighted by atomic mass is 9.50. The summed E-state index contributed by atoms with van der Waals surface area (Å²) in [5.41, 5.74) is 0.214. The fraction of sp³-hybridized carbons (Fsp3) is 0.700. The van der Waals surface area contributed by atoms with Gasteiger partial charge < -0.3 is 4.74 Å². The molecule has 4 bridgehead atoms. The Balaban J connectivity index is 1.41. The molecule has 0 heterocycles. The van der Waals surface area contributed by atoms with E-state index in [0.717, 1.165) is 29.9 Å². The number of sulfonamides is 1. The standard InChI is InChI=1S/C20H29NO3S/c1-2-7-24-18-3-5-19(6-4-18)25(22,23)21-14-20-11-15-8-16(12-20)10-17(9-15)13-20/h3-6,15-17,21H,2,7-14H2,1H3. The second-order valence-electron chi connectivity index (χ2n) is 8.56. The highest BCUT2D eigenvalue weighted by Crippen LogP contribution is 2.59. The zero-order valence-electron chi connectivity index (χ0n) is 15.0. The zero-order valence-corrected chi connectivity index (χ0v) is 15.9. The van der Waals surface area contributed by atoms with Gasteiger partial charge in [0.1, 0.15) is 5.75 Å². The summed E-state index contributed by atoms with van der Waals surface area (Å²) in [5, 5.41) is 0. The van der Waals surface area contributed by atoms with Crippen molar-refractivity contribution in [1.29, 1.82) is 0 Å². The van der Waals surface area contributed by atoms with E-state index in [1.54, 1.807) is 24.3 Å². The lowest BCUT2D eigenvalue weighted by molar-refractivity contribution is -0.0487. The highest BCUT2D eigenvalue weighted by Gasteiger charge is 2.50. The summed E-state index contributed by atoms with van der Waals surface area (Å²) < 4.78 is 33.9. The van der Waals surface area contributed by atoms with Crippen LogP contribution < -0.4 is 9.46 Å². The first-order valence-corrected chi connectivity index (χ1v) is 11.2. The van der Waals surface area contributed by atoms with Gasteiger partial charge in [-0.15, -0.1) is 0 Å². The Morgan fingerprint density at radius 2 is 1.60 bits per heavy atom. The lowest BCUT2D eigenvalue weighted by Crippen LogP contribution is -2.51. The van der Waals surface area contributed by atoms with E-state index in [0.29, 0.717) is 18.0 Å². The van der Waals surface area contributed by atoms with E-state index in [4.69, 9.17) is 4.74 Å². The topological polar surface area (TPSA) is 55.4 Å². The molecule has 0 radical (unpaired) electrons. The highest BCUT2D eigenvalue weighted by molar-refractivity contribution is 7.89. The molecule has 5 rings (SSSR count). The molecule has 1 aromatic rings. The summed E-state index contributed by atoms with van der Waals surface area (Å²) in [6.07, 6.45) is 8.72.